The van der Waals surface area contributed by atoms with E-state index in [0.717, 1.165) is 0 Å². The highest BCUT2D eigenvalue weighted by Gasteiger charge is 2.24. The SMILES string of the molecule is CCN(CC)S(=O)(=O)c1cc(C)c(C)c(NS(=O)(=O)c2ccc3oc(=O)ccc3c2)c1. The summed E-state index contributed by atoms with van der Waals surface area (Å²) in [6.45, 7) is 7.55. The van der Waals surface area contributed by atoms with E-state index in [0.29, 0.717) is 29.6 Å². The highest BCUT2D eigenvalue weighted by molar-refractivity contribution is 7.92. The molecule has 1 heterocycles. The molecule has 166 valence electrons. The van der Waals surface area contributed by atoms with Crippen LogP contribution >= 0.6 is 0 Å². The van der Waals surface area contributed by atoms with Gasteiger partial charge in [-0.3, -0.25) is 4.72 Å². The van der Waals surface area contributed by atoms with Crippen molar-refractivity contribution in [2.45, 2.75) is 37.5 Å². The Balaban J connectivity index is 2.06. The first-order valence-electron chi connectivity index (χ1n) is 9.67. The van der Waals surface area contributed by atoms with E-state index in [-0.39, 0.29) is 21.1 Å². The third-order valence-electron chi connectivity index (χ3n) is 5.13. The minimum absolute atomic E-state index is 0.0253. The lowest BCUT2D eigenvalue weighted by atomic mass is 10.1. The van der Waals surface area contributed by atoms with E-state index in [9.17, 15) is 21.6 Å². The van der Waals surface area contributed by atoms with Gasteiger partial charge < -0.3 is 4.42 Å². The monoisotopic (exact) mass is 464 g/mol. The molecule has 3 aromatic rings. The normalized spacial score (nSPS) is 12.4. The Morgan fingerprint density at radius 3 is 2.23 bits per heavy atom. The molecule has 2 aromatic carbocycles. The molecule has 1 aromatic heterocycles. The van der Waals surface area contributed by atoms with Gasteiger partial charge >= 0.3 is 5.63 Å². The van der Waals surface area contributed by atoms with Crippen molar-refractivity contribution in [3.8, 4) is 0 Å². The molecular formula is C21H24N2O6S2. The second-order valence-electron chi connectivity index (χ2n) is 7.06. The van der Waals surface area contributed by atoms with Gasteiger partial charge in [0.15, 0.2) is 0 Å². The largest absolute Gasteiger partial charge is 0.423 e. The highest BCUT2D eigenvalue weighted by atomic mass is 32.2. The maximum Gasteiger partial charge on any atom is 0.336 e. The zero-order valence-corrected chi connectivity index (χ0v) is 19.3. The van der Waals surface area contributed by atoms with E-state index >= 15 is 0 Å². The number of fused-ring (bicyclic) bond motifs is 1. The van der Waals surface area contributed by atoms with Gasteiger partial charge in [0.05, 0.1) is 15.5 Å². The first kappa shape index (κ1) is 23.0. The maximum atomic E-state index is 13.0. The molecule has 0 aliphatic rings. The number of benzene rings is 2. The van der Waals surface area contributed by atoms with E-state index < -0.39 is 25.7 Å². The second-order valence-corrected chi connectivity index (χ2v) is 10.7. The van der Waals surface area contributed by atoms with E-state index in [2.05, 4.69) is 4.72 Å². The molecule has 3 rings (SSSR count). The van der Waals surface area contributed by atoms with Gasteiger partial charge in [0.2, 0.25) is 10.0 Å². The molecule has 0 saturated heterocycles. The molecule has 1 N–H and O–H groups in total. The van der Waals surface area contributed by atoms with Crippen molar-refractivity contribution in [3.63, 3.8) is 0 Å². The fourth-order valence-corrected chi connectivity index (χ4v) is 5.93. The lowest BCUT2D eigenvalue weighted by Gasteiger charge is -2.20. The van der Waals surface area contributed by atoms with Crippen molar-refractivity contribution in [2.24, 2.45) is 0 Å². The number of rotatable bonds is 7. The predicted octanol–water partition coefficient (Wildman–Crippen LogP) is 3.24. The highest BCUT2D eigenvalue weighted by Crippen LogP contribution is 2.28. The third-order valence-corrected chi connectivity index (χ3v) is 8.52. The molecule has 0 aliphatic carbocycles. The minimum Gasteiger partial charge on any atom is -0.423 e. The first-order valence-corrected chi connectivity index (χ1v) is 12.6. The van der Waals surface area contributed by atoms with E-state index in [1.807, 2.05) is 0 Å². The van der Waals surface area contributed by atoms with Crippen LogP contribution in [0.3, 0.4) is 0 Å². The Morgan fingerprint density at radius 2 is 1.58 bits per heavy atom. The topological polar surface area (TPSA) is 114 Å². The first-order chi connectivity index (χ1) is 14.5. The Bertz CT molecular complexity index is 1410. The molecule has 0 unspecified atom stereocenters. The van der Waals surface area contributed by atoms with Gasteiger partial charge in [0, 0.05) is 24.5 Å². The van der Waals surface area contributed by atoms with Crippen molar-refractivity contribution in [1.82, 2.24) is 4.31 Å². The summed E-state index contributed by atoms with van der Waals surface area (Å²) < 4.78 is 60.8. The number of nitrogens with one attached hydrogen (secondary N) is 1. The molecule has 0 saturated carbocycles. The summed E-state index contributed by atoms with van der Waals surface area (Å²) in [4.78, 5) is 11.3. The zero-order chi connectivity index (χ0) is 23.0. The standard InChI is InChI=1S/C21H24N2O6S2/c1-5-23(6-2)31(27,28)18-11-14(3)15(4)19(13-18)22-30(25,26)17-8-9-20-16(12-17)7-10-21(24)29-20/h7-13,22H,5-6H2,1-4H3. The van der Waals surface area contributed by atoms with Crippen LogP contribution in [-0.2, 0) is 20.0 Å². The molecule has 0 bridgehead atoms. The van der Waals surface area contributed by atoms with Crippen LogP contribution in [0.25, 0.3) is 11.0 Å². The Labute approximate surface area is 181 Å². The van der Waals surface area contributed by atoms with Crippen LogP contribution in [0.2, 0.25) is 0 Å². The molecule has 10 heteroatoms. The molecule has 8 nitrogen and oxygen atoms in total. The van der Waals surface area contributed by atoms with Crippen molar-refractivity contribution in [3.05, 3.63) is 64.0 Å². The average Bonchev–Trinajstić information content (AvgIpc) is 2.71. The van der Waals surface area contributed by atoms with Crippen molar-refractivity contribution in [1.29, 1.82) is 0 Å². The summed E-state index contributed by atoms with van der Waals surface area (Å²) in [5.41, 5.74) is 1.19. The van der Waals surface area contributed by atoms with E-state index in [1.165, 1.54) is 40.7 Å². The van der Waals surface area contributed by atoms with Gasteiger partial charge in [-0.05, 0) is 61.4 Å². The van der Waals surface area contributed by atoms with Gasteiger partial charge in [0.25, 0.3) is 10.0 Å². The number of hydrogen-bond acceptors (Lipinski definition) is 6. The Kier molecular flexibility index (Phi) is 6.26. The lowest BCUT2D eigenvalue weighted by molar-refractivity contribution is 0.445. The molecule has 0 aliphatic heterocycles. The fraction of sp³-hybridized carbons (Fsp3) is 0.286. The number of sulfonamides is 2. The van der Waals surface area contributed by atoms with Gasteiger partial charge in [-0.15, -0.1) is 0 Å². The smallest absolute Gasteiger partial charge is 0.336 e. The fourth-order valence-electron chi connectivity index (χ4n) is 3.21. The van der Waals surface area contributed by atoms with Crippen molar-refractivity contribution < 1.29 is 21.3 Å². The second kappa shape index (κ2) is 8.45. The van der Waals surface area contributed by atoms with Crippen LogP contribution in [0.1, 0.15) is 25.0 Å². The maximum absolute atomic E-state index is 13.0. The van der Waals surface area contributed by atoms with Gasteiger partial charge in [-0.1, -0.05) is 13.8 Å². The number of aryl methyl sites for hydroxylation is 1. The number of hydrogen-bond donors (Lipinski definition) is 1. The van der Waals surface area contributed by atoms with Crippen LogP contribution in [0.5, 0.6) is 0 Å². The number of anilines is 1. The zero-order valence-electron chi connectivity index (χ0n) is 17.7. The van der Waals surface area contributed by atoms with E-state index in [1.54, 1.807) is 33.8 Å². The van der Waals surface area contributed by atoms with Crippen molar-refractivity contribution >= 4 is 36.7 Å². The summed E-state index contributed by atoms with van der Waals surface area (Å²) in [5.74, 6) is 0. The molecule has 0 fully saturated rings. The van der Waals surface area contributed by atoms with Crippen LogP contribution in [0.4, 0.5) is 5.69 Å². The molecule has 0 atom stereocenters. The summed E-state index contributed by atoms with van der Waals surface area (Å²) in [7, 11) is -7.79. The molecule has 31 heavy (non-hydrogen) atoms. The van der Waals surface area contributed by atoms with Crippen molar-refractivity contribution in [2.75, 3.05) is 17.8 Å². The predicted molar refractivity (Wildman–Crippen MR) is 119 cm³/mol. The summed E-state index contributed by atoms with van der Waals surface area (Å²) in [6, 6.07) is 9.69. The minimum atomic E-state index is -4.03. The molecular weight excluding hydrogens is 440 g/mol. The molecule has 0 amide bonds. The number of nitrogens with zero attached hydrogens (tertiary/aromatic N) is 1. The van der Waals surface area contributed by atoms with Crippen LogP contribution in [-0.4, -0.2) is 34.2 Å². The summed E-state index contributed by atoms with van der Waals surface area (Å²) in [5, 5.41) is 0.452. The molecule has 0 radical (unpaired) electrons. The summed E-state index contributed by atoms with van der Waals surface area (Å²) >= 11 is 0. The summed E-state index contributed by atoms with van der Waals surface area (Å²) in [6.07, 6.45) is 0. The Morgan fingerprint density at radius 1 is 0.903 bits per heavy atom. The van der Waals surface area contributed by atoms with Crippen LogP contribution in [0.15, 0.2) is 61.5 Å². The van der Waals surface area contributed by atoms with E-state index in [4.69, 9.17) is 4.42 Å². The Hall–Kier alpha value is -2.69. The molecule has 0 spiro atoms. The average molecular weight is 465 g/mol. The lowest BCUT2D eigenvalue weighted by Crippen LogP contribution is -2.30. The third kappa shape index (κ3) is 4.51. The van der Waals surface area contributed by atoms with Crippen LogP contribution < -0.4 is 10.3 Å². The van der Waals surface area contributed by atoms with Crippen LogP contribution in [0, 0.1) is 13.8 Å². The van der Waals surface area contributed by atoms with Gasteiger partial charge in [-0.2, -0.15) is 4.31 Å². The van der Waals surface area contributed by atoms with Gasteiger partial charge in [-0.25, -0.2) is 21.6 Å². The quantitative estimate of drug-likeness (QED) is 0.537. The van der Waals surface area contributed by atoms with Gasteiger partial charge in [0.1, 0.15) is 5.58 Å².